The Bertz CT molecular complexity index is 403. The van der Waals surface area contributed by atoms with Crippen molar-refractivity contribution < 1.29 is 27.4 Å². The largest absolute Gasteiger partial charge is 0.497 e. The molecule has 0 aliphatic rings. The number of methoxy groups -OCH3 is 2. The maximum absolute atomic E-state index is 12.4. The Morgan fingerprint density at radius 2 is 1.94 bits per heavy atom. The van der Waals surface area contributed by atoms with E-state index in [-0.39, 0.29) is 5.75 Å². The second-order valence-corrected chi connectivity index (χ2v) is 2.77. The van der Waals surface area contributed by atoms with Crippen molar-refractivity contribution in [2.75, 3.05) is 14.2 Å². The molecule has 0 fully saturated rings. The first-order valence-electron chi connectivity index (χ1n) is 4.10. The number of pyridine rings is 1. The lowest BCUT2D eigenvalue weighted by atomic mass is 10.2. The van der Waals surface area contributed by atoms with Gasteiger partial charge in [0, 0.05) is 12.1 Å². The number of esters is 1. The highest BCUT2D eigenvalue weighted by molar-refractivity contribution is 5.87. The zero-order chi connectivity index (χ0) is 12.3. The van der Waals surface area contributed by atoms with E-state index in [2.05, 4.69) is 14.5 Å². The van der Waals surface area contributed by atoms with Crippen LogP contribution in [-0.4, -0.2) is 25.2 Å². The van der Waals surface area contributed by atoms with Crippen LogP contribution in [0.15, 0.2) is 12.1 Å². The van der Waals surface area contributed by atoms with E-state index in [1.165, 1.54) is 7.11 Å². The van der Waals surface area contributed by atoms with Gasteiger partial charge in [0.25, 0.3) is 0 Å². The van der Waals surface area contributed by atoms with E-state index in [1.807, 2.05) is 0 Å². The third kappa shape index (κ3) is 2.62. The van der Waals surface area contributed by atoms with Crippen LogP contribution in [0.3, 0.4) is 0 Å². The zero-order valence-corrected chi connectivity index (χ0v) is 8.46. The Kier molecular flexibility index (Phi) is 3.36. The van der Waals surface area contributed by atoms with Crippen molar-refractivity contribution in [3.05, 3.63) is 23.5 Å². The summed E-state index contributed by atoms with van der Waals surface area (Å²) in [6.07, 6.45) is -4.64. The van der Waals surface area contributed by atoms with Crippen LogP contribution in [0.25, 0.3) is 0 Å². The minimum Gasteiger partial charge on any atom is -0.497 e. The van der Waals surface area contributed by atoms with Gasteiger partial charge in [-0.3, -0.25) is 0 Å². The third-order valence-electron chi connectivity index (χ3n) is 1.72. The molecule has 0 aromatic carbocycles. The minimum absolute atomic E-state index is 0.109. The number of hydrogen-bond acceptors (Lipinski definition) is 4. The smallest absolute Gasteiger partial charge is 0.433 e. The fraction of sp³-hybridized carbons (Fsp3) is 0.333. The Labute approximate surface area is 89.0 Å². The summed E-state index contributed by atoms with van der Waals surface area (Å²) in [5, 5.41) is 0. The fourth-order valence-electron chi connectivity index (χ4n) is 0.978. The molecule has 0 N–H and O–H groups in total. The molecule has 0 saturated heterocycles. The van der Waals surface area contributed by atoms with Gasteiger partial charge in [0.15, 0.2) is 5.69 Å². The van der Waals surface area contributed by atoms with Crippen molar-refractivity contribution in [1.82, 2.24) is 4.98 Å². The highest BCUT2D eigenvalue weighted by Gasteiger charge is 2.34. The van der Waals surface area contributed by atoms with Crippen LogP contribution < -0.4 is 4.74 Å². The molecule has 0 radical (unpaired) electrons. The van der Waals surface area contributed by atoms with Crippen LogP contribution >= 0.6 is 0 Å². The van der Waals surface area contributed by atoms with E-state index in [0.29, 0.717) is 6.07 Å². The SMILES string of the molecule is COC(=O)c1cc(OC)cc(C(F)(F)F)n1. The van der Waals surface area contributed by atoms with Crippen molar-refractivity contribution in [3.8, 4) is 5.75 Å². The first-order chi connectivity index (χ1) is 7.38. The van der Waals surface area contributed by atoms with Crippen molar-refractivity contribution in [2.45, 2.75) is 6.18 Å². The number of rotatable bonds is 2. The number of alkyl halides is 3. The molecule has 16 heavy (non-hydrogen) atoms. The van der Waals surface area contributed by atoms with Crippen molar-refractivity contribution in [3.63, 3.8) is 0 Å². The molecule has 0 bridgehead atoms. The van der Waals surface area contributed by atoms with E-state index >= 15 is 0 Å². The van der Waals surface area contributed by atoms with Crippen LogP contribution in [0.2, 0.25) is 0 Å². The molecular formula is C9H8F3NO3. The molecular weight excluding hydrogens is 227 g/mol. The first kappa shape index (κ1) is 12.3. The summed E-state index contributed by atoms with van der Waals surface area (Å²) in [7, 11) is 2.24. The van der Waals surface area contributed by atoms with Crippen molar-refractivity contribution in [2.24, 2.45) is 0 Å². The first-order valence-corrected chi connectivity index (χ1v) is 4.10. The minimum atomic E-state index is -4.64. The monoisotopic (exact) mass is 235 g/mol. The molecule has 0 atom stereocenters. The molecule has 1 heterocycles. The summed E-state index contributed by atoms with van der Waals surface area (Å²) in [5.41, 5.74) is -1.65. The van der Waals surface area contributed by atoms with Crippen LogP contribution in [0.5, 0.6) is 5.75 Å². The summed E-state index contributed by atoms with van der Waals surface area (Å²) in [4.78, 5) is 14.2. The van der Waals surface area contributed by atoms with Crippen molar-refractivity contribution in [1.29, 1.82) is 0 Å². The third-order valence-corrected chi connectivity index (χ3v) is 1.72. The lowest BCUT2D eigenvalue weighted by Crippen LogP contribution is -2.13. The molecule has 0 aliphatic carbocycles. The molecule has 1 aromatic rings. The number of aromatic nitrogens is 1. The molecule has 7 heteroatoms. The summed E-state index contributed by atoms with van der Waals surface area (Å²) < 4.78 is 46.1. The number of hydrogen-bond donors (Lipinski definition) is 0. The summed E-state index contributed by atoms with van der Waals surface area (Å²) in [6.45, 7) is 0. The molecule has 1 aromatic heterocycles. The van der Waals surface area contributed by atoms with Gasteiger partial charge in [0.2, 0.25) is 0 Å². The molecule has 0 unspecified atom stereocenters. The van der Waals surface area contributed by atoms with E-state index < -0.39 is 23.5 Å². The number of carbonyl (C=O) groups is 1. The van der Waals surface area contributed by atoms with E-state index in [4.69, 9.17) is 0 Å². The number of nitrogens with zero attached hydrogens (tertiary/aromatic N) is 1. The summed E-state index contributed by atoms with van der Waals surface area (Å²) in [6, 6.07) is 1.77. The topological polar surface area (TPSA) is 48.4 Å². The predicted molar refractivity (Wildman–Crippen MR) is 47.1 cm³/mol. The van der Waals surface area contributed by atoms with Gasteiger partial charge in [-0.15, -0.1) is 0 Å². The maximum Gasteiger partial charge on any atom is 0.433 e. The van der Waals surface area contributed by atoms with Gasteiger partial charge < -0.3 is 9.47 Å². The summed E-state index contributed by atoms with van der Waals surface area (Å²) >= 11 is 0. The highest BCUT2D eigenvalue weighted by Crippen LogP contribution is 2.30. The molecule has 4 nitrogen and oxygen atoms in total. The lowest BCUT2D eigenvalue weighted by molar-refractivity contribution is -0.141. The van der Waals surface area contributed by atoms with Gasteiger partial charge in [-0.25, -0.2) is 9.78 Å². The van der Waals surface area contributed by atoms with Gasteiger partial charge in [-0.05, 0) is 0 Å². The van der Waals surface area contributed by atoms with Gasteiger partial charge in [0.05, 0.1) is 14.2 Å². The molecule has 0 spiro atoms. The Hall–Kier alpha value is -1.79. The second kappa shape index (κ2) is 4.38. The molecule has 0 aliphatic heterocycles. The Morgan fingerprint density at radius 1 is 1.31 bits per heavy atom. The molecule has 0 saturated carbocycles. The fourth-order valence-corrected chi connectivity index (χ4v) is 0.978. The molecule has 1 rings (SSSR count). The van der Waals surface area contributed by atoms with E-state index in [9.17, 15) is 18.0 Å². The quantitative estimate of drug-likeness (QED) is 0.734. The number of carbonyl (C=O) groups excluding carboxylic acids is 1. The Balaban J connectivity index is 3.27. The normalized spacial score (nSPS) is 11.1. The number of halogens is 3. The van der Waals surface area contributed by atoms with Crippen LogP contribution in [0.4, 0.5) is 13.2 Å². The average Bonchev–Trinajstić information content (AvgIpc) is 2.26. The Morgan fingerprint density at radius 3 is 2.38 bits per heavy atom. The molecule has 0 amide bonds. The average molecular weight is 235 g/mol. The highest BCUT2D eigenvalue weighted by atomic mass is 19.4. The van der Waals surface area contributed by atoms with Crippen molar-refractivity contribution >= 4 is 5.97 Å². The van der Waals surface area contributed by atoms with Gasteiger partial charge >= 0.3 is 12.1 Å². The van der Waals surface area contributed by atoms with Gasteiger partial charge in [-0.1, -0.05) is 0 Å². The van der Waals surface area contributed by atoms with Gasteiger partial charge in [-0.2, -0.15) is 13.2 Å². The molecule has 88 valence electrons. The zero-order valence-electron chi connectivity index (χ0n) is 8.46. The van der Waals surface area contributed by atoms with Gasteiger partial charge in [0.1, 0.15) is 11.4 Å². The van der Waals surface area contributed by atoms with E-state index in [0.717, 1.165) is 13.2 Å². The lowest BCUT2D eigenvalue weighted by Gasteiger charge is -2.09. The van der Waals surface area contributed by atoms with E-state index in [1.54, 1.807) is 0 Å². The predicted octanol–water partition coefficient (Wildman–Crippen LogP) is 1.90. The maximum atomic E-state index is 12.4. The van der Waals surface area contributed by atoms with Crippen LogP contribution in [0, 0.1) is 0 Å². The summed E-state index contributed by atoms with van der Waals surface area (Å²) in [5.74, 6) is -1.06. The van der Waals surface area contributed by atoms with Crippen LogP contribution in [0.1, 0.15) is 16.2 Å². The number of ether oxygens (including phenoxy) is 2. The second-order valence-electron chi connectivity index (χ2n) is 2.77. The van der Waals surface area contributed by atoms with Crippen LogP contribution in [-0.2, 0) is 10.9 Å². The standard InChI is InChI=1S/C9H8F3NO3/c1-15-5-3-6(8(14)16-2)13-7(4-5)9(10,11)12/h3-4H,1-2H3.